The number of ether oxygens (including phenoxy) is 1. The number of rotatable bonds is 4. The quantitative estimate of drug-likeness (QED) is 0.849. The zero-order valence-electron chi connectivity index (χ0n) is 13.0. The minimum atomic E-state index is 0.453. The fraction of sp³-hybridized carbons (Fsp3) is 0.556. The maximum absolute atomic E-state index is 6.01. The lowest BCUT2D eigenvalue weighted by atomic mass is 9.85. The lowest BCUT2D eigenvalue weighted by Gasteiger charge is -2.42. The van der Waals surface area contributed by atoms with Gasteiger partial charge in [0.05, 0.1) is 6.10 Å². The zero-order valence-corrected chi connectivity index (χ0v) is 13.0. The van der Waals surface area contributed by atoms with Crippen molar-refractivity contribution in [1.29, 1.82) is 0 Å². The molecule has 2 aromatic rings. The molecule has 2 fully saturated rings. The summed E-state index contributed by atoms with van der Waals surface area (Å²) in [6, 6.07) is 10.1. The van der Waals surface area contributed by atoms with Crippen LogP contribution in [-0.2, 0) is 0 Å². The molecule has 0 aliphatic heterocycles. The predicted octanol–water partition coefficient (Wildman–Crippen LogP) is 3.84. The third-order valence-electron chi connectivity index (χ3n) is 5.27. The fourth-order valence-electron chi connectivity index (χ4n) is 3.58. The summed E-state index contributed by atoms with van der Waals surface area (Å²) in [6.07, 6.45) is 9.04. The summed E-state index contributed by atoms with van der Waals surface area (Å²) in [5.74, 6) is 1.03. The predicted molar refractivity (Wildman–Crippen MR) is 86.0 cm³/mol. The average Bonchev–Trinajstić information content (AvgIpc) is 2.75. The van der Waals surface area contributed by atoms with Crippen molar-refractivity contribution >= 4 is 10.9 Å². The first kappa shape index (κ1) is 13.2. The van der Waals surface area contributed by atoms with Crippen molar-refractivity contribution in [2.75, 3.05) is 14.1 Å². The molecule has 1 heterocycles. The monoisotopic (exact) mass is 284 g/mol. The van der Waals surface area contributed by atoms with E-state index in [1.54, 1.807) is 0 Å². The largest absolute Gasteiger partial charge is 0.490 e. The van der Waals surface area contributed by atoms with Gasteiger partial charge in [0, 0.05) is 29.2 Å². The number of aromatic nitrogens is 1. The van der Waals surface area contributed by atoms with Crippen LogP contribution in [0.5, 0.6) is 5.75 Å². The number of likely N-dealkylation sites (N-methyl/N-ethyl adjacent to an activating group) is 1. The molecular weight excluding hydrogens is 260 g/mol. The molecule has 2 aliphatic carbocycles. The van der Waals surface area contributed by atoms with Gasteiger partial charge in [-0.2, -0.15) is 0 Å². The molecule has 0 spiro atoms. The van der Waals surface area contributed by atoms with E-state index in [1.165, 1.54) is 43.0 Å². The molecule has 2 saturated carbocycles. The normalized spacial score (nSPS) is 25.9. The Morgan fingerprint density at radius 2 is 1.95 bits per heavy atom. The van der Waals surface area contributed by atoms with Gasteiger partial charge in [0.1, 0.15) is 5.75 Å². The standard InChI is InChI=1S/C18H24N2O/c1-19(2)17-8-9-18(17)20-11-10-13-12-15(6-7-16(13)20)21-14-4-3-5-14/h6-7,10-12,14,17-18H,3-5,8-9H2,1-2H3. The summed E-state index contributed by atoms with van der Waals surface area (Å²) >= 11 is 0. The Kier molecular flexibility index (Phi) is 3.18. The van der Waals surface area contributed by atoms with Crippen LogP contribution in [0.15, 0.2) is 30.5 Å². The van der Waals surface area contributed by atoms with Gasteiger partial charge in [0.15, 0.2) is 0 Å². The van der Waals surface area contributed by atoms with Crippen molar-refractivity contribution in [2.24, 2.45) is 0 Å². The smallest absolute Gasteiger partial charge is 0.120 e. The zero-order chi connectivity index (χ0) is 14.4. The molecule has 2 aliphatic rings. The van der Waals surface area contributed by atoms with Gasteiger partial charge < -0.3 is 14.2 Å². The first-order chi connectivity index (χ1) is 10.2. The second-order valence-corrected chi connectivity index (χ2v) is 6.79. The van der Waals surface area contributed by atoms with Gasteiger partial charge in [-0.05, 0) is 70.5 Å². The van der Waals surface area contributed by atoms with E-state index in [4.69, 9.17) is 4.74 Å². The van der Waals surface area contributed by atoms with Crippen LogP contribution in [0.3, 0.4) is 0 Å². The van der Waals surface area contributed by atoms with Gasteiger partial charge in [-0.25, -0.2) is 0 Å². The van der Waals surface area contributed by atoms with E-state index in [-0.39, 0.29) is 0 Å². The summed E-state index contributed by atoms with van der Waals surface area (Å²) in [5, 5.41) is 1.30. The Morgan fingerprint density at radius 3 is 2.57 bits per heavy atom. The van der Waals surface area contributed by atoms with E-state index in [0.29, 0.717) is 18.2 Å². The Hall–Kier alpha value is -1.48. The van der Waals surface area contributed by atoms with Crippen LogP contribution in [0.25, 0.3) is 10.9 Å². The molecule has 1 aromatic carbocycles. The number of benzene rings is 1. The number of hydrogen-bond acceptors (Lipinski definition) is 2. The highest BCUT2D eigenvalue weighted by molar-refractivity contribution is 5.82. The van der Waals surface area contributed by atoms with E-state index in [1.807, 2.05) is 0 Å². The summed E-state index contributed by atoms with van der Waals surface area (Å²) in [4.78, 5) is 2.36. The van der Waals surface area contributed by atoms with E-state index in [0.717, 1.165) is 5.75 Å². The third kappa shape index (κ3) is 2.24. The van der Waals surface area contributed by atoms with Crippen LogP contribution >= 0.6 is 0 Å². The van der Waals surface area contributed by atoms with Crippen LogP contribution in [0.4, 0.5) is 0 Å². The molecule has 2 atom stereocenters. The van der Waals surface area contributed by atoms with Gasteiger partial charge in [-0.1, -0.05) is 0 Å². The molecule has 0 bridgehead atoms. The number of nitrogens with zero attached hydrogens (tertiary/aromatic N) is 2. The molecule has 2 unspecified atom stereocenters. The number of fused-ring (bicyclic) bond motifs is 1. The second-order valence-electron chi connectivity index (χ2n) is 6.79. The van der Waals surface area contributed by atoms with Crippen molar-refractivity contribution in [1.82, 2.24) is 9.47 Å². The average molecular weight is 284 g/mol. The van der Waals surface area contributed by atoms with E-state index in [2.05, 4.69) is 54.0 Å². The molecule has 0 N–H and O–H groups in total. The van der Waals surface area contributed by atoms with Gasteiger partial charge in [0.2, 0.25) is 0 Å². The molecule has 112 valence electrons. The maximum Gasteiger partial charge on any atom is 0.120 e. The Balaban J connectivity index is 1.60. The third-order valence-corrected chi connectivity index (χ3v) is 5.27. The van der Waals surface area contributed by atoms with Crippen molar-refractivity contribution in [2.45, 2.75) is 50.3 Å². The highest BCUT2D eigenvalue weighted by Crippen LogP contribution is 2.38. The molecule has 0 radical (unpaired) electrons. The summed E-state index contributed by atoms with van der Waals surface area (Å²) in [5.41, 5.74) is 1.34. The summed E-state index contributed by atoms with van der Waals surface area (Å²) in [7, 11) is 4.38. The van der Waals surface area contributed by atoms with Gasteiger partial charge >= 0.3 is 0 Å². The molecular formula is C18H24N2O. The van der Waals surface area contributed by atoms with E-state index < -0.39 is 0 Å². The minimum absolute atomic E-state index is 0.453. The Labute approximate surface area is 126 Å². The van der Waals surface area contributed by atoms with Gasteiger partial charge in [-0.15, -0.1) is 0 Å². The van der Waals surface area contributed by atoms with Crippen molar-refractivity contribution in [3.63, 3.8) is 0 Å². The topological polar surface area (TPSA) is 17.4 Å². The van der Waals surface area contributed by atoms with Crippen LogP contribution in [0, 0.1) is 0 Å². The van der Waals surface area contributed by atoms with Gasteiger partial charge in [0.25, 0.3) is 0 Å². The lowest BCUT2D eigenvalue weighted by Crippen LogP contribution is -2.43. The van der Waals surface area contributed by atoms with Crippen LogP contribution in [0.1, 0.15) is 38.1 Å². The van der Waals surface area contributed by atoms with E-state index in [9.17, 15) is 0 Å². The minimum Gasteiger partial charge on any atom is -0.490 e. The molecule has 4 rings (SSSR count). The Bertz CT molecular complexity index is 642. The molecule has 0 amide bonds. The van der Waals surface area contributed by atoms with Crippen LogP contribution in [0.2, 0.25) is 0 Å². The Morgan fingerprint density at radius 1 is 1.10 bits per heavy atom. The molecule has 1 aromatic heterocycles. The first-order valence-corrected chi connectivity index (χ1v) is 8.16. The molecule has 0 saturated heterocycles. The van der Waals surface area contributed by atoms with Gasteiger partial charge in [-0.3, -0.25) is 0 Å². The van der Waals surface area contributed by atoms with Crippen molar-refractivity contribution in [3.05, 3.63) is 30.5 Å². The van der Waals surface area contributed by atoms with Crippen molar-refractivity contribution in [3.8, 4) is 5.75 Å². The first-order valence-electron chi connectivity index (χ1n) is 8.16. The maximum atomic E-state index is 6.01. The molecule has 3 nitrogen and oxygen atoms in total. The molecule has 21 heavy (non-hydrogen) atoms. The second kappa shape index (κ2) is 5.06. The summed E-state index contributed by atoms with van der Waals surface area (Å²) in [6.45, 7) is 0. The van der Waals surface area contributed by atoms with Crippen LogP contribution < -0.4 is 4.74 Å². The molecule has 3 heteroatoms. The lowest BCUT2D eigenvalue weighted by molar-refractivity contribution is 0.116. The fourth-order valence-corrected chi connectivity index (χ4v) is 3.58. The van der Waals surface area contributed by atoms with Crippen molar-refractivity contribution < 1.29 is 4.74 Å². The van der Waals surface area contributed by atoms with E-state index >= 15 is 0 Å². The summed E-state index contributed by atoms with van der Waals surface area (Å²) < 4.78 is 8.47. The SMILES string of the molecule is CN(C)C1CCC1n1ccc2cc(OC3CCC3)ccc21. The highest BCUT2D eigenvalue weighted by Gasteiger charge is 2.34. The van der Waals surface area contributed by atoms with Crippen LogP contribution in [-0.4, -0.2) is 35.7 Å². The number of hydrogen-bond donors (Lipinski definition) is 0. The highest BCUT2D eigenvalue weighted by atomic mass is 16.5.